The fourth-order valence-corrected chi connectivity index (χ4v) is 3.66. The van der Waals surface area contributed by atoms with E-state index in [1.807, 2.05) is 0 Å². The van der Waals surface area contributed by atoms with Crippen LogP contribution in [0.5, 0.6) is 0 Å². The first-order valence-electron chi connectivity index (χ1n) is 10.1. The number of hydrogen-bond acceptors (Lipinski definition) is 3. The van der Waals surface area contributed by atoms with Crippen molar-refractivity contribution in [2.45, 2.75) is 33.2 Å². The number of aliphatic imine (C=N–C) groups is 1. The Balaban J connectivity index is 0.00000280. The molecule has 156 valence electrons. The van der Waals surface area contributed by atoms with Crippen LogP contribution in [0.1, 0.15) is 25.1 Å². The van der Waals surface area contributed by atoms with Crippen molar-refractivity contribution < 1.29 is 4.74 Å². The van der Waals surface area contributed by atoms with E-state index in [9.17, 15) is 0 Å². The molecule has 1 saturated heterocycles. The molecule has 3 N–H and O–H groups in total. The van der Waals surface area contributed by atoms with Crippen molar-refractivity contribution in [2.24, 2.45) is 4.99 Å². The zero-order chi connectivity index (χ0) is 19.1. The van der Waals surface area contributed by atoms with E-state index in [1.54, 1.807) is 0 Å². The van der Waals surface area contributed by atoms with Gasteiger partial charge in [-0.15, -0.1) is 24.0 Å². The van der Waals surface area contributed by atoms with Crippen LogP contribution in [0.15, 0.2) is 29.3 Å². The maximum Gasteiger partial charge on any atom is 0.191 e. The highest BCUT2D eigenvalue weighted by Gasteiger charge is 2.16. The second-order valence-electron chi connectivity index (χ2n) is 7.17. The van der Waals surface area contributed by atoms with Crippen LogP contribution >= 0.6 is 24.0 Å². The molecule has 28 heavy (non-hydrogen) atoms. The van der Waals surface area contributed by atoms with Crippen LogP contribution in [0, 0.1) is 6.92 Å². The Morgan fingerprint density at radius 2 is 2.00 bits per heavy atom. The van der Waals surface area contributed by atoms with Gasteiger partial charge in [-0.3, -0.25) is 9.89 Å². The second-order valence-corrected chi connectivity index (χ2v) is 7.17. The second kappa shape index (κ2) is 11.6. The van der Waals surface area contributed by atoms with Gasteiger partial charge in [-0.2, -0.15) is 0 Å². The Morgan fingerprint density at radius 3 is 2.75 bits per heavy atom. The van der Waals surface area contributed by atoms with Gasteiger partial charge < -0.3 is 20.4 Å². The molecule has 2 aromatic rings. The van der Waals surface area contributed by atoms with Crippen molar-refractivity contribution in [2.75, 3.05) is 45.9 Å². The van der Waals surface area contributed by atoms with Gasteiger partial charge in [0.2, 0.25) is 0 Å². The highest BCUT2D eigenvalue weighted by molar-refractivity contribution is 14.0. The SMILES string of the molecule is CCNC(=NCC(C)N1CCOCC1)NCCc1c(C)[nH]c2ccccc12.I. The predicted octanol–water partition coefficient (Wildman–Crippen LogP) is 2.91. The average Bonchev–Trinajstić information content (AvgIpc) is 3.02. The van der Waals surface area contributed by atoms with Gasteiger partial charge in [0, 0.05) is 48.8 Å². The van der Waals surface area contributed by atoms with Gasteiger partial charge in [0.25, 0.3) is 0 Å². The zero-order valence-corrected chi connectivity index (χ0v) is 19.6. The van der Waals surface area contributed by atoms with Gasteiger partial charge in [0.15, 0.2) is 5.96 Å². The first kappa shape index (κ1) is 23.0. The largest absolute Gasteiger partial charge is 0.379 e. The van der Waals surface area contributed by atoms with Crippen molar-refractivity contribution in [1.29, 1.82) is 0 Å². The number of hydrogen-bond donors (Lipinski definition) is 3. The Kier molecular flexibility index (Phi) is 9.53. The molecule has 0 radical (unpaired) electrons. The van der Waals surface area contributed by atoms with Crippen molar-refractivity contribution in [3.63, 3.8) is 0 Å². The highest BCUT2D eigenvalue weighted by atomic mass is 127. The Labute approximate surface area is 185 Å². The summed E-state index contributed by atoms with van der Waals surface area (Å²) < 4.78 is 5.44. The molecule has 2 heterocycles. The van der Waals surface area contributed by atoms with E-state index < -0.39 is 0 Å². The van der Waals surface area contributed by atoms with Gasteiger partial charge in [0.1, 0.15) is 0 Å². The molecule has 1 aromatic heterocycles. The highest BCUT2D eigenvalue weighted by Crippen LogP contribution is 2.21. The lowest BCUT2D eigenvalue weighted by Gasteiger charge is -2.31. The van der Waals surface area contributed by atoms with Crippen molar-refractivity contribution >= 4 is 40.8 Å². The third kappa shape index (κ3) is 6.09. The number of fused-ring (bicyclic) bond motifs is 1. The van der Waals surface area contributed by atoms with Gasteiger partial charge in [-0.25, -0.2) is 0 Å². The molecule has 3 rings (SSSR count). The minimum Gasteiger partial charge on any atom is -0.379 e. The minimum atomic E-state index is 0. The van der Waals surface area contributed by atoms with Gasteiger partial charge in [-0.05, 0) is 38.8 Å². The number of benzene rings is 1. The van der Waals surface area contributed by atoms with Crippen molar-refractivity contribution in [3.05, 3.63) is 35.5 Å². The normalized spacial score (nSPS) is 16.6. The molecular weight excluding hydrogens is 465 g/mol. The summed E-state index contributed by atoms with van der Waals surface area (Å²) in [6.07, 6.45) is 0.972. The van der Waals surface area contributed by atoms with Gasteiger partial charge in [-0.1, -0.05) is 18.2 Å². The number of aromatic nitrogens is 1. The molecule has 0 saturated carbocycles. The van der Waals surface area contributed by atoms with Crippen LogP contribution < -0.4 is 10.6 Å². The van der Waals surface area contributed by atoms with Crippen LogP contribution in [-0.4, -0.2) is 67.8 Å². The van der Waals surface area contributed by atoms with E-state index >= 15 is 0 Å². The predicted molar refractivity (Wildman–Crippen MR) is 128 cm³/mol. The van der Waals surface area contributed by atoms with Crippen molar-refractivity contribution in [1.82, 2.24) is 20.5 Å². The molecule has 0 bridgehead atoms. The number of halogens is 1. The molecule has 0 spiro atoms. The molecule has 1 fully saturated rings. The molecule has 1 aromatic carbocycles. The van der Waals surface area contributed by atoms with Crippen LogP contribution in [-0.2, 0) is 11.2 Å². The lowest BCUT2D eigenvalue weighted by atomic mass is 10.1. The number of nitrogens with zero attached hydrogens (tertiary/aromatic N) is 2. The van der Waals surface area contributed by atoms with E-state index in [0.29, 0.717) is 6.04 Å². The fraction of sp³-hybridized carbons (Fsp3) is 0.571. The summed E-state index contributed by atoms with van der Waals surface area (Å²) in [5, 5.41) is 8.17. The summed E-state index contributed by atoms with van der Waals surface area (Å²) in [4.78, 5) is 10.7. The van der Waals surface area contributed by atoms with Crippen LogP contribution in [0.25, 0.3) is 10.9 Å². The molecule has 0 amide bonds. The fourth-order valence-electron chi connectivity index (χ4n) is 3.66. The van der Waals surface area contributed by atoms with Crippen molar-refractivity contribution in [3.8, 4) is 0 Å². The lowest BCUT2D eigenvalue weighted by Crippen LogP contribution is -2.44. The summed E-state index contributed by atoms with van der Waals surface area (Å²) in [6, 6.07) is 8.94. The van der Waals surface area contributed by atoms with Crippen LogP contribution in [0.3, 0.4) is 0 Å². The summed E-state index contributed by atoms with van der Waals surface area (Å²) in [5.74, 6) is 0.898. The number of ether oxygens (including phenoxy) is 1. The van der Waals surface area contributed by atoms with Gasteiger partial charge >= 0.3 is 0 Å². The standard InChI is InChI=1S/C21H33N5O.HI/c1-4-22-21(24-15-16(2)26-11-13-27-14-12-26)23-10-9-18-17(3)25-20-8-6-5-7-19(18)20;/h5-8,16,25H,4,9-15H2,1-3H3,(H2,22,23,24);1H. The number of aromatic amines is 1. The Hall–Kier alpha value is -1.32. The van der Waals surface area contributed by atoms with E-state index in [4.69, 9.17) is 9.73 Å². The number of guanidine groups is 1. The quantitative estimate of drug-likeness (QED) is 0.312. The van der Waals surface area contributed by atoms with Gasteiger partial charge in [0.05, 0.1) is 19.8 Å². The minimum absolute atomic E-state index is 0. The van der Waals surface area contributed by atoms with E-state index in [2.05, 4.69) is 65.6 Å². The first-order valence-corrected chi connectivity index (χ1v) is 10.1. The summed E-state index contributed by atoms with van der Waals surface area (Å²) in [6.45, 7) is 12.7. The smallest absolute Gasteiger partial charge is 0.191 e. The molecule has 1 aliphatic heterocycles. The third-order valence-electron chi connectivity index (χ3n) is 5.22. The van der Waals surface area contributed by atoms with E-state index in [1.165, 1.54) is 22.2 Å². The topological polar surface area (TPSA) is 64.7 Å². The number of rotatable bonds is 7. The molecule has 7 heteroatoms. The van der Waals surface area contributed by atoms with Crippen LogP contribution in [0.2, 0.25) is 0 Å². The molecule has 1 unspecified atom stereocenters. The molecule has 6 nitrogen and oxygen atoms in total. The summed E-state index contributed by atoms with van der Waals surface area (Å²) in [7, 11) is 0. The lowest BCUT2D eigenvalue weighted by molar-refractivity contribution is 0.0220. The monoisotopic (exact) mass is 499 g/mol. The zero-order valence-electron chi connectivity index (χ0n) is 17.3. The number of nitrogens with one attached hydrogen (secondary N) is 3. The number of para-hydroxylation sites is 1. The maximum atomic E-state index is 5.44. The maximum absolute atomic E-state index is 5.44. The molecular formula is C21H34IN5O. The summed E-state index contributed by atoms with van der Waals surface area (Å²) >= 11 is 0. The number of aryl methyl sites for hydroxylation is 1. The number of morpholine rings is 1. The Bertz CT molecular complexity index is 754. The Morgan fingerprint density at radius 1 is 1.25 bits per heavy atom. The molecule has 1 aliphatic rings. The molecule has 0 aliphatic carbocycles. The first-order chi connectivity index (χ1) is 13.2. The average molecular weight is 499 g/mol. The van der Waals surface area contributed by atoms with E-state index in [0.717, 1.165) is 58.3 Å². The molecule has 1 atom stereocenters. The van der Waals surface area contributed by atoms with E-state index in [-0.39, 0.29) is 24.0 Å². The number of H-pyrrole nitrogens is 1. The third-order valence-corrected chi connectivity index (χ3v) is 5.22. The van der Waals surface area contributed by atoms with Crippen LogP contribution in [0.4, 0.5) is 0 Å². The summed E-state index contributed by atoms with van der Waals surface area (Å²) in [5.41, 5.74) is 3.85.